The highest BCUT2D eigenvalue weighted by Gasteiger charge is 2.07. The van der Waals surface area contributed by atoms with Crippen LogP contribution in [0.5, 0.6) is 0 Å². The maximum absolute atomic E-state index is 11.5. The van der Waals surface area contributed by atoms with E-state index in [4.69, 9.17) is 23.2 Å². The first-order valence-electron chi connectivity index (χ1n) is 4.84. The Hall–Kier alpha value is -1.26. The molecule has 0 radical (unpaired) electrons. The topological polar surface area (TPSA) is 55.4 Å². The number of amides is 1. The van der Waals surface area contributed by atoms with Crippen LogP contribution >= 0.6 is 23.2 Å². The molecule has 1 N–H and O–H groups in total. The quantitative estimate of drug-likeness (QED) is 0.860. The predicted octanol–water partition coefficient (Wildman–Crippen LogP) is 2.89. The molecule has 0 bridgehead atoms. The van der Waals surface area contributed by atoms with Gasteiger partial charge in [0.15, 0.2) is 0 Å². The van der Waals surface area contributed by atoms with E-state index in [-0.39, 0.29) is 18.7 Å². The van der Waals surface area contributed by atoms with Crippen molar-refractivity contribution in [1.29, 1.82) is 0 Å². The number of esters is 1. The summed E-state index contributed by atoms with van der Waals surface area (Å²) in [5.41, 5.74) is 0.498. The van der Waals surface area contributed by atoms with Crippen molar-refractivity contribution in [2.24, 2.45) is 0 Å². The van der Waals surface area contributed by atoms with Gasteiger partial charge >= 0.3 is 5.97 Å². The molecular weight excluding hydrogens is 265 g/mol. The van der Waals surface area contributed by atoms with Gasteiger partial charge in [-0.3, -0.25) is 9.59 Å². The summed E-state index contributed by atoms with van der Waals surface area (Å²) in [6, 6.07) is 4.71. The minimum absolute atomic E-state index is 0.0383. The second-order valence-corrected chi connectivity index (χ2v) is 4.16. The van der Waals surface area contributed by atoms with Gasteiger partial charge in [0, 0.05) is 22.2 Å². The second kappa shape index (κ2) is 6.47. The van der Waals surface area contributed by atoms with Gasteiger partial charge in [0.05, 0.1) is 13.5 Å². The molecule has 6 heteroatoms. The lowest BCUT2D eigenvalue weighted by molar-refractivity contribution is -0.141. The number of ether oxygens (including phenoxy) is 1. The van der Waals surface area contributed by atoms with Gasteiger partial charge in [0.2, 0.25) is 5.91 Å². The molecule has 0 aromatic heterocycles. The van der Waals surface area contributed by atoms with E-state index in [1.807, 2.05) is 0 Å². The van der Waals surface area contributed by atoms with Crippen molar-refractivity contribution in [2.75, 3.05) is 12.4 Å². The molecule has 0 aliphatic heterocycles. The summed E-state index contributed by atoms with van der Waals surface area (Å²) in [5, 5.41) is 3.45. The van der Waals surface area contributed by atoms with E-state index < -0.39 is 5.97 Å². The highest BCUT2D eigenvalue weighted by Crippen LogP contribution is 2.22. The molecule has 1 aromatic carbocycles. The van der Waals surface area contributed by atoms with Crippen molar-refractivity contribution >= 4 is 40.8 Å². The number of hydrogen-bond acceptors (Lipinski definition) is 3. The van der Waals surface area contributed by atoms with E-state index in [1.165, 1.54) is 7.11 Å². The van der Waals surface area contributed by atoms with E-state index in [9.17, 15) is 9.59 Å². The average Bonchev–Trinajstić information content (AvgIpc) is 2.24. The molecule has 0 atom stereocenters. The third-order valence-electron chi connectivity index (χ3n) is 1.93. The fourth-order valence-electron chi connectivity index (χ4n) is 1.17. The standard InChI is InChI=1S/C11H11Cl2NO3/c1-17-11(16)3-2-10(15)14-9-5-7(12)4-8(13)6-9/h4-6H,2-3H2,1H3,(H,14,15). The molecule has 0 unspecified atom stereocenters. The number of rotatable bonds is 4. The van der Waals surface area contributed by atoms with Gasteiger partial charge in [-0.25, -0.2) is 0 Å². The number of nitrogens with one attached hydrogen (secondary N) is 1. The fourth-order valence-corrected chi connectivity index (χ4v) is 1.69. The van der Waals surface area contributed by atoms with E-state index in [1.54, 1.807) is 18.2 Å². The van der Waals surface area contributed by atoms with Crippen molar-refractivity contribution in [3.05, 3.63) is 28.2 Å². The third kappa shape index (κ3) is 5.06. The molecule has 0 saturated heterocycles. The molecule has 0 spiro atoms. The highest BCUT2D eigenvalue weighted by atomic mass is 35.5. The Morgan fingerprint density at radius 1 is 1.18 bits per heavy atom. The molecule has 1 aromatic rings. The number of hydrogen-bond donors (Lipinski definition) is 1. The lowest BCUT2D eigenvalue weighted by atomic mass is 10.2. The summed E-state index contributed by atoms with van der Waals surface area (Å²) < 4.78 is 4.43. The Balaban J connectivity index is 2.53. The first-order valence-corrected chi connectivity index (χ1v) is 5.59. The van der Waals surface area contributed by atoms with E-state index in [2.05, 4.69) is 10.1 Å². The van der Waals surface area contributed by atoms with Gasteiger partial charge in [-0.15, -0.1) is 0 Å². The largest absolute Gasteiger partial charge is 0.469 e. The number of carbonyl (C=O) groups is 2. The number of benzene rings is 1. The van der Waals surface area contributed by atoms with Crippen LogP contribution in [0.3, 0.4) is 0 Å². The van der Waals surface area contributed by atoms with Gasteiger partial charge in [0.25, 0.3) is 0 Å². The Kier molecular flexibility index (Phi) is 5.25. The monoisotopic (exact) mass is 275 g/mol. The van der Waals surface area contributed by atoms with Crippen molar-refractivity contribution in [2.45, 2.75) is 12.8 Å². The molecule has 1 rings (SSSR count). The molecule has 0 fully saturated rings. The molecule has 4 nitrogen and oxygen atoms in total. The van der Waals surface area contributed by atoms with Crippen LogP contribution in [0.25, 0.3) is 0 Å². The summed E-state index contributed by atoms with van der Waals surface area (Å²) in [6.07, 6.45) is 0.0907. The molecule has 1 amide bonds. The molecule has 0 aliphatic carbocycles. The zero-order chi connectivity index (χ0) is 12.8. The van der Waals surface area contributed by atoms with Crippen LogP contribution in [0.15, 0.2) is 18.2 Å². The van der Waals surface area contributed by atoms with Crippen molar-refractivity contribution in [3.63, 3.8) is 0 Å². The third-order valence-corrected chi connectivity index (χ3v) is 2.37. The molecule has 0 aliphatic rings. The first-order chi connectivity index (χ1) is 8.01. The molecule has 0 saturated carbocycles. The lowest BCUT2D eigenvalue weighted by Gasteiger charge is -2.05. The summed E-state index contributed by atoms with van der Waals surface area (Å²) in [4.78, 5) is 22.3. The predicted molar refractivity (Wildman–Crippen MR) is 66.3 cm³/mol. The minimum atomic E-state index is -0.427. The zero-order valence-electron chi connectivity index (χ0n) is 9.13. The van der Waals surface area contributed by atoms with Crippen LogP contribution in [-0.4, -0.2) is 19.0 Å². The zero-order valence-corrected chi connectivity index (χ0v) is 10.6. The van der Waals surface area contributed by atoms with Crippen molar-refractivity contribution < 1.29 is 14.3 Å². The number of methoxy groups -OCH3 is 1. The average molecular weight is 276 g/mol. The summed E-state index contributed by atoms with van der Waals surface area (Å²) in [6.45, 7) is 0. The van der Waals surface area contributed by atoms with Crippen LogP contribution in [0.2, 0.25) is 10.0 Å². The Labute approximate surface area is 109 Å². The maximum atomic E-state index is 11.5. The van der Waals surface area contributed by atoms with Crippen LogP contribution in [0, 0.1) is 0 Å². The molecule has 0 heterocycles. The van der Waals surface area contributed by atoms with Crippen LogP contribution < -0.4 is 5.32 Å². The van der Waals surface area contributed by atoms with Crippen molar-refractivity contribution in [1.82, 2.24) is 0 Å². The number of halogens is 2. The smallest absolute Gasteiger partial charge is 0.306 e. The van der Waals surface area contributed by atoms with Gasteiger partial charge in [-0.2, -0.15) is 0 Å². The number of anilines is 1. The normalized spacial score (nSPS) is 9.82. The van der Waals surface area contributed by atoms with Gasteiger partial charge < -0.3 is 10.1 Å². The Morgan fingerprint density at radius 3 is 2.29 bits per heavy atom. The van der Waals surface area contributed by atoms with E-state index >= 15 is 0 Å². The maximum Gasteiger partial charge on any atom is 0.306 e. The summed E-state index contributed by atoms with van der Waals surface area (Å²) >= 11 is 11.5. The molecular formula is C11H11Cl2NO3. The van der Waals surface area contributed by atoms with Gasteiger partial charge in [0.1, 0.15) is 0 Å². The summed E-state index contributed by atoms with van der Waals surface area (Å²) in [7, 11) is 1.27. The van der Waals surface area contributed by atoms with Crippen molar-refractivity contribution in [3.8, 4) is 0 Å². The van der Waals surface area contributed by atoms with Crippen LogP contribution in [0.4, 0.5) is 5.69 Å². The highest BCUT2D eigenvalue weighted by molar-refractivity contribution is 6.35. The van der Waals surface area contributed by atoms with Gasteiger partial charge in [-0.05, 0) is 18.2 Å². The van der Waals surface area contributed by atoms with Crippen LogP contribution in [0.1, 0.15) is 12.8 Å². The minimum Gasteiger partial charge on any atom is -0.469 e. The van der Waals surface area contributed by atoms with Crippen LogP contribution in [-0.2, 0) is 14.3 Å². The number of carbonyl (C=O) groups excluding carboxylic acids is 2. The van der Waals surface area contributed by atoms with E-state index in [0.717, 1.165) is 0 Å². The van der Waals surface area contributed by atoms with E-state index in [0.29, 0.717) is 15.7 Å². The van der Waals surface area contributed by atoms with Gasteiger partial charge in [-0.1, -0.05) is 23.2 Å². The summed E-state index contributed by atoms with van der Waals surface area (Å²) in [5.74, 6) is -0.724. The first kappa shape index (κ1) is 13.8. The lowest BCUT2D eigenvalue weighted by Crippen LogP contribution is -2.13. The Morgan fingerprint density at radius 2 is 1.76 bits per heavy atom. The molecule has 92 valence electrons. The Bertz CT molecular complexity index is 414. The SMILES string of the molecule is COC(=O)CCC(=O)Nc1cc(Cl)cc(Cl)c1. The fraction of sp³-hybridized carbons (Fsp3) is 0.273. The second-order valence-electron chi connectivity index (χ2n) is 3.28. The molecule has 17 heavy (non-hydrogen) atoms.